The van der Waals surface area contributed by atoms with Gasteiger partial charge >= 0.3 is 6.01 Å². The number of aromatic nitrogens is 2. The maximum atomic E-state index is 12.4. The molecule has 0 aliphatic carbocycles. The molecule has 1 aromatic heterocycles. The monoisotopic (exact) mass is 469 g/mol. The lowest BCUT2D eigenvalue weighted by Crippen LogP contribution is -2.07. The van der Waals surface area contributed by atoms with Crippen LogP contribution in [0.3, 0.4) is 0 Å². The van der Waals surface area contributed by atoms with Gasteiger partial charge in [0.2, 0.25) is 11.6 Å². The number of nitrogens with one attached hydrogen (secondary N) is 1. The summed E-state index contributed by atoms with van der Waals surface area (Å²) in [6.07, 6.45) is 2.92. The van der Waals surface area contributed by atoms with E-state index in [0.717, 1.165) is 0 Å². The van der Waals surface area contributed by atoms with Crippen LogP contribution < -0.4 is 29.0 Å². The number of hydrogen-bond donors (Lipinski definition) is 1. The van der Waals surface area contributed by atoms with Gasteiger partial charge in [-0.2, -0.15) is 0 Å². The molecule has 3 rings (SSSR count). The zero-order chi connectivity index (χ0) is 24.5. The Hall–Kier alpha value is -4.21. The van der Waals surface area contributed by atoms with E-state index in [2.05, 4.69) is 15.5 Å². The van der Waals surface area contributed by atoms with Gasteiger partial charge in [0.15, 0.2) is 23.0 Å². The predicted octanol–water partition coefficient (Wildman–Crippen LogP) is 4.21. The Bertz CT molecular complexity index is 1130. The predicted molar refractivity (Wildman–Crippen MR) is 126 cm³/mol. The summed E-state index contributed by atoms with van der Waals surface area (Å²) in [4.78, 5) is 12.4. The summed E-state index contributed by atoms with van der Waals surface area (Å²) in [5.74, 6) is 2.39. The molecule has 10 heteroatoms. The molecule has 10 nitrogen and oxygen atoms in total. The van der Waals surface area contributed by atoms with E-state index in [0.29, 0.717) is 53.1 Å². The third-order valence-electron chi connectivity index (χ3n) is 4.56. The Morgan fingerprint density at radius 3 is 2.21 bits per heavy atom. The van der Waals surface area contributed by atoms with Gasteiger partial charge in [-0.25, -0.2) is 0 Å². The van der Waals surface area contributed by atoms with E-state index in [1.165, 1.54) is 27.4 Å². The Balaban J connectivity index is 1.73. The molecule has 1 heterocycles. The molecule has 180 valence electrons. The van der Waals surface area contributed by atoms with E-state index in [1.54, 1.807) is 36.4 Å². The number of methoxy groups -OCH3 is 3. The van der Waals surface area contributed by atoms with Crippen molar-refractivity contribution in [2.45, 2.75) is 13.8 Å². The molecule has 0 unspecified atom stereocenters. The highest BCUT2D eigenvalue weighted by Gasteiger charge is 2.15. The first-order chi connectivity index (χ1) is 16.5. The topological polar surface area (TPSA) is 114 Å². The third-order valence-corrected chi connectivity index (χ3v) is 4.56. The van der Waals surface area contributed by atoms with Gasteiger partial charge in [-0.15, -0.1) is 5.10 Å². The lowest BCUT2D eigenvalue weighted by atomic mass is 10.1. The van der Waals surface area contributed by atoms with Gasteiger partial charge in [-0.1, -0.05) is 5.10 Å². The normalized spacial score (nSPS) is 10.7. The Kier molecular flexibility index (Phi) is 8.33. The molecule has 0 bridgehead atoms. The molecule has 0 spiro atoms. The second-order valence-electron chi connectivity index (χ2n) is 6.72. The molecule has 34 heavy (non-hydrogen) atoms. The van der Waals surface area contributed by atoms with E-state index in [4.69, 9.17) is 28.1 Å². The maximum absolute atomic E-state index is 12.4. The van der Waals surface area contributed by atoms with E-state index in [-0.39, 0.29) is 11.9 Å². The molecule has 1 N–H and O–H groups in total. The van der Waals surface area contributed by atoms with Gasteiger partial charge in [0.1, 0.15) is 0 Å². The molecular weight excluding hydrogens is 442 g/mol. The molecule has 0 radical (unpaired) electrons. The molecule has 2 aromatic carbocycles. The number of ether oxygens (including phenoxy) is 5. The molecule has 0 fully saturated rings. The average molecular weight is 469 g/mol. The molecule has 3 aromatic rings. The zero-order valence-corrected chi connectivity index (χ0v) is 19.7. The third kappa shape index (κ3) is 5.77. The molecule has 0 saturated heterocycles. The maximum Gasteiger partial charge on any atom is 0.322 e. The van der Waals surface area contributed by atoms with Crippen LogP contribution in [-0.2, 0) is 4.79 Å². The van der Waals surface area contributed by atoms with Crippen LogP contribution in [0.15, 0.2) is 40.8 Å². The van der Waals surface area contributed by atoms with Crippen molar-refractivity contribution in [2.24, 2.45) is 0 Å². The Labute approximate surface area is 197 Å². The minimum Gasteiger partial charge on any atom is -0.493 e. The highest BCUT2D eigenvalue weighted by molar-refractivity contribution is 6.00. The average Bonchev–Trinajstić information content (AvgIpc) is 3.31. The Morgan fingerprint density at radius 2 is 1.59 bits per heavy atom. The minimum absolute atomic E-state index is 0.0404. The van der Waals surface area contributed by atoms with Crippen molar-refractivity contribution < 1.29 is 32.9 Å². The zero-order valence-electron chi connectivity index (χ0n) is 19.7. The number of amides is 1. The SMILES string of the molecule is CCOc1ccc(-c2nnc(NC(=O)C=Cc3cc(OC)c(OC)c(OC)c3)o2)cc1OCC. The van der Waals surface area contributed by atoms with E-state index < -0.39 is 5.91 Å². The first-order valence-corrected chi connectivity index (χ1v) is 10.5. The van der Waals surface area contributed by atoms with E-state index in [9.17, 15) is 4.79 Å². The fourth-order valence-electron chi connectivity index (χ4n) is 3.09. The first-order valence-electron chi connectivity index (χ1n) is 10.5. The van der Waals surface area contributed by atoms with Crippen LogP contribution in [0.5, 0.6) is 28.7 Å². The van der Waals surface area contributed by atoms with Crippen LogP contribution in [-0.4, -0.2) is 50.6 Å². The van der Waals surface area contributed by atoms with Crippen molar-refractivity contribution in [3.8, 4) is 40.2 Å². The number of rotatable bonds is 11. The summed E-state index contributed by atoms with van der Waals surface area (Å²) in [6.45, 7) is 4.77. The number of benzene rings is 2. The van der Waals surface area contributed by atoms with Crippen molar-refractivity contribution in [1.82, 2.24) is 10.2 Å². The smallest absolute Gasteiger partial charge is 0.322 e. The molecule has 0 atom stereocenters. The van der Waals surface area contributed by atoms with Crippen molar-refractivity contribution in [3.63, 3.8) is 0 Å². The van der Waals surface area contributed by atoms with Crippen molar-refractivity contribution in [1.29, 1.82) is 0 Å². The summed E-state index contributed by atoms with van der Waals surface area (Å²) >= 11 is 0. The fraction of sp³-hybridized carbons (Fsp3) is 0.292. The summed E-state index contributed by atoms with van der Waals surface area (Å²) < 4.78 is 32.7. The molecular formula is C24H27N3O7. The van der Waals surface area contributed by atoms with Crippen LogP contribution in [0.25, 0.3) is 17.5 Å². The largest absolute Gasteiger partial charge is 0.493 e. The van der Waals surface area contributed by atoms with E-state index >= 15 is 0 Å². The van der Waals surface area contributed by atoms with E-state index in [1.807, 2.05) is 13.8 Å². The van der Waals surface area contributed by atoms with Gasteiger partial charge in [-0.3, -0.25) is 10.1 Å². The van der Waals surface area contributed by atoms with Crippen LogP contribution in [0.1, 0.15) is 19.4 Å². The summed E-state index contributed by atoms with van der Waals surface area (Å²) in [5.41, 5.74) is 1.31. The number of hydrogen-bond acceptors (Lipinski definition) is 9. The lowest BCUT2D eigenvalue weighted by molar-refractivity contribution is -0.112. The van der Waals surface area contributed by atoms with Crippen LogP contribution >= 0.6 is 0 Å². The van der Waals surface area contributed by atoms with Gasteiger partial charge < -0.3 is 28.1 Å². The molecule has 1 amide bonds. The summed E-state index contributed by atoms with van der Waals surface area (Å²) in [7, 11) is 4.56. The Morgan fingerprint density at radius 1 is 0.912 bits per heavy atom. The van der Waals surface area contributed by atoms with Gasteiger partial charge in [-0.05, 0) is 55.8 Å². The van der Waals surface area contributed by atoms with Gasteiger partial charge in [0.25, 0.3) is 5.91 Å². The standard InChI is InChI=1S/C24H27N3O7/c1-6-32-17-10-9-16(14-18(17)33-7-2)23-26-27-24(34-23)25-21(28)11-8-15-12-19(29-3)22(31-5)20(13-15)30-4/h8-14H,6-7H2,1-5H3,(H,25,27,28). The van der Waals surface area contributed by atoms with Crippen LogP contribution in [0.2, 0.25) is 0 Å². The van der Waals surface area contributed by atoms with Gasteiger partial charge in [0, 0.05) is 11.6 Å². The molecule has 0 saturated carbocycles. The number of carbonyl (C=O) groups excluding carboxylic acids is 1. The number of nitrogens with zero attached hydrogens (tertiary/aromatic N) is 2. The van der Waals surface area contributed by atoms with Crippen molar-refractivity contribution in [3.05, 3.63) is 42.0 Å². The first kappa shape index (κ1) is 24.4. The fourth-order valence-corrected chi connectivity index (χ4v) is 3.09. The molecule has 0 aliphatic rings. The molecule has 0 aliphatic heterocycles. The quantitative estimate of drug-likeness (QED) is 0.412. The van der Waals surface area contributed by atoms with Crippen molar-refractivity contribution >= 4 is 18.0 Å². The number of anilines is 1. The minimum atomic E-state index is -0.453. The summed E-state index contributed by atoms with van der Waals surface area (Å²) in [5, 5.41) is 10.4. The lowest BCUT2D eigenvalue weighted by Gasteiger charge is -2.12. The number of carbonyl (C=O) groups is 1. The highest BCUT2D eigenvalue weighted by atomic mass is 16.5. The second-order valence-corrected chi connectivity index (χ2v) is 6.72. The second kappa shape index (κ2) is 11.6. The van der Waals surface area contributed by atoms with Gasteiger partial charge in [0.05, 0.1) is 34.5 Å². The van der Waals surface area contributed by atoms with Crippen molar-refractivity contribution in [2.75, 3.05) is 39.9 Å². The highest BCUT2D eigenvalue weighted by Crippen LogP contribution is 2.38. The van der Waals surface area contributed by atoms with Crippen LogP contribution in [0.4, 0.5) is 6.01 Å². The summed E-state index contributed by atoms with van der Waals surface area (Å²) in [6, 6.07) is 8.69. The van der Waals surface area contributed by atoms with Crippen LogP contribution in [0, 0.1) is 0 Å².